The lowest BCUT2D eigenvalue weighted by atomic mass is 9.43. The second kappa shape index (κ2) is 10.7. The number of rotatable bonds is 2. The number of hydrogen-bond acceptors (Lipinski definition) is 3. The Kier molecular flexibility index (Phi) is 9.89. The fraction of sp³-hybridized carbons (Fsp3) is 0.957. The van der Waals surface area contributed by atoms with Crippen LogP contribution in [0.4, 0.5) is 0 Å². The number of nitrogens with zero attached hydrogens (tertiary/aromatic N) is 1. The molecule has 4 aliphatic carbocycles. The Labute approximate surface area is 217 Å². The van der Waals surface area contributed by atoms with Gasteiger partial charge in [0.15, 0.2) is 0 Å². The third-order valence-electron chi connectivity index (χ3n) is 9.83. The maximum absolute atomic E-state index is 11.2. The summed E-state index contributed by atoms with van der Waals surface area (Å²) in [5, 5.41) is 30.6. The number of aliphatic hydroxyl groups excluding tert-OH is 2. The van der Waals surface area contributed by atoms with E-state index in [1.165, 1.54) is 25.7 Å². The number of fused-ring (bicyclic) bond motifs is 5. The molecule has 0 spiro atoms. The first-order valence-electron chi connectivity index (χ1n) is 11.2. The topological polar surface area (TPSA) is 64.2 Å². The Balaban J connectivity index is 0.000000970. The fourth-order valence-corrected chi connectivity index (χ4v) is 8.46. The van der Waals surface area contributed by atoms with Gasteiger partial charge in [-0.2, -0.15) is 5.26 Å². The largest absolute Gasteiger partial charge is 0.393 e. The van der Waals surface area contributed by atoms with Gasteiger partial charge in [0.25, 0.3) is 0 Å². The quantitative estimate of drug-likeness (QED) is 0.303. The van der Waals surface area contributed by atoms with Crippen molar-refractivity contribution in [3.8, 4) is 6.07 Å². The summed E-state index contributed by atoms with van der Waals surface area (Å²) in [5.41, 5.74) is 0.608. The molecule has 0 amide bonds. The molecule has 4 aliphatic rings. The van der Waals surface area contributed by atoms with Gasteiger partial charge < -0.3 is 10.2 Å². The zero-order chi connectivity index (χ0) is 20.7. The van der Waals surface area contributed by atoms with Crippen LogP contribution in [0.5, 0.6) is 0 Å². The molecule has 0 radical (unpaired) electrons. The van der Waals surface area contributed by atoms with Gasteiger partial charge in [0.1, 0.15) is 0 Å². The molecule has 4 fully saturated rings. The number of halogens is 3. The van der Waals surface area contributed by atoms with Gasteiger partial charge >= 0.3 is 0 Å². The zero-order valence-corrected chi connectivity index (χ0v) is 24.6. The molecule has 6 heteroatoms. The highest BCUT2D eigenvalue weighted by Gasteiger charge is 2.62. The summed E-state index contributed by atoms with van der Waals surface area (Å²) in [6, 6.07) is 2.40. The maximum atomic E-state index is 11.2. The standard InChI is InChI=1S/C23H37NO2.I2.HI/c1-14(8-11-24)17-4-5-18-21-19(7-10-23(17,18)3)22(2)9-6-16(25)12-15(22)13-20(21)26;1-2;/h14-21,25-26H,4-10,12-13H2,1-3H3;;1H/t14?,15-,16?,17+,18?,19?,20-,21-,22-,23+;;/m0../s1. The van der Waals surface area contributed by atoms with Crippen LogP contribution in [0.25, 0.3) is 0 Å². The van der Waals surface area contributed by atoms with Crippen LogP contribution in [0, 0.1) is 57.7 Å². The molecule has 0 aromatic carbocycles. The first kappa shape index (κ1) is 26.8. The molecule has 10 atom stereocenters. The van der Waals surface area contributed by atoms with Crippen molar-refractivity contribution in [1.29, 1.82) is 5.26 Å². The Bertz CT molecular complexity index is 599. The molecule has 0 bridgehead atoms. The van der Waals surface area contributed by atoms with Gasteiger partial charge in [-0.05, 0) is 97.7 Å². The van der Waals surface area contributed by atoms with Crippen molar-refractivity contribution in [3.63, 3.8) is 0 Å². The first-order valence-corrected chi connectivity index (χ1v) is 17.5. The van der Waals surface area contributed by atoms with Crippen LogP contribution in [0.1, 0.15) is 78.6 Å². The summed E-state index contributed by atoms with van der Waals surface area (Å²) < 4.78 is 0. The SMILES string of the molecule is CC(CC#N)[C@H]1CCC2[C@H]3C(CC[C@@]21C)[C@@]1(C)CCC(O)C[C@H]1C[C@@H]3O.I.II. The van der Waals surface area contributed by atoms with Gasteiger partial charge in [-0.1, -0.05) is 20.8 Å². The lowest BCUT2D eigenvalue weighted by molar-refractivity contribution is -0.174. The van der Waals surface area contributed by atoms with Gasteiger partial charge in [0.05, 0.1) is 18.3 Å². The average Bonchev–Trinajstić information content (AvgIpc) is 3.02. The molecule has 4 unspecified atom stereocenters. The highest BCUT2D eigenvalue weighted by atomic mass is 128. The van der Waals surface area contributed by atoms with E-state index < -0.39 is 0 Å². The molecule has 4 rings (SSSR count). The Hall–Kier alpha value is 1.60. The van der Waals surface area contributed by atoms with Crippen LogP contribution >= 0.6 is 61.2 Å². The highest BCUT2D eigenvalue weighted by molar-refractivity contribution is 15.0. The Morgan fingerprint density at radius 1 is 1.00 bits per heavy atom. The van der Waals surface area contributed by atoms with E-state index in [1.807, 2.05) is 0 Å². The van der Waals surface area contributed by atoms with E-state index in [9.17, 15) is 15.5 Å². The Morgan fingerprint density at radius 2 is 1.62 bits per heavy atom. The average molecular weight is 741 g/mol. The van der Waals surface area contributed by atoms with Crippen molar-refractivity contribution in [2.45, 2.75) is 90.8 Å². The number of nitriles is 1. The molecule has 0 aromatic rings. The summed E-state index contributed by atoms with van der Waals surface area (Å²) in [4.78, 5) is 0. The smallest absolute Gasteiger partial charge is 0.0624 e. The molecule has 3 nitrogen and oxygen atoms in total. The van der Waals surface area contributed by atoms with Crippen LogP contribution in [0.3, 0.4) is 0 Å². The first-order chi connectivity index (χ1) is 13.3. The molecule has 0 aromatic heterocycles. The number of hydrogen-bond donors (Lipinski definition) is 2. The van der Waals surface area contributed by atoms with Crippen LogP contribution < -0.4 is 0 Å². The third kappa shape index (κ3) is 4.65. The van der Waals surface area contributed by atoms with Crippen molar-refractivity contribution >= 4 is 61.2 Å². The van der Waals surface area contributed by atoms with Gasteiger partial charge in [-0.15, -0.1) is 24.0 Å². The minimum atomic E-state index is -0.196. The monoisotopic (exact) mass is 741 g/mol. The second-order valence-electron chi connectivity index (χ2n) is 10.8. The predicted molar refractivity (Wildman–Crippen MR) is 145 cm³/mol. The minimum absolute atomic E-state index is 0. The van der Waals surface area contributed by atoms with E-state index in [2.05, 4.69) is 64.1 Å². The van der Waals surface area contributed by atoms with Crippen molar-refractivity contribution in [2.24, 2.45) is 46.3 Å². The van der Waals surface area contributed by atoms with E-state index >= 15 is 0 Å². The van der Waals surface area contributed by atoms with E-state index in [4.69, 9.17) is 0 Å². The van der Waals surface area contributed by atoms with Crippen molar-refractivity contribution < 1.29 is 10.2 Å². The summed E-state index contributed by atoms with van der Waals surface area (Å²) in [6.07, 6.45) is 9.12. The molecular weight excluding hydrogens is 703 g/mol. The molecule has 2 N–H and O–H groups in total. The lowest BCUT2D eigenvalue weighted by Crippen LogP contribution is -2.58. The van der Waals surface area contributed by atoms with Gasteiger partial charge in [-0.3, -0.25) is 0 Å². The van der Waals surface area contributed by atoms with E-state index in [0.29, 0.717) is 52.8 Å². The van der Waals surface area contributed by atoms with Crippen LogP contribution in [0.15, 0.2) is 0 Å². The zero-order valence-electron chi connectivity index (χ0n) is 18.0. The molecule has 168 valence electrons. The molecule has 29 heavy (non-hydrogen) atoms. The molecular formula is C23H38I3NO2. The van der Waals surface area contributed by atoms with Crippen molar-refractivity contribution in [2.75, 3.05) is 0 Å². The van der Waals surface area contributed by atoms with Gasteiger partial charge in [0, 0.05) is 43.7 Å². The normalized spacial score (nSPS) is 49.1. The molecule has 4 saturated carbocycles. The van der Waals surface area contributed by atoms with Gasteiger partial charge in [0.2, 0.25) is 0 Å². The van der Waals surface area contributed by atoms with E-state index in [1.54, 1.807) is 0 Å². The molecule has 0 aliphatic heterocycles. The summed E-state index contributed by atoms with van der Waals surface area (Å²) in [6.45, 7) is 7.22. The van der Waals surface area contributed by atoms with Crippen LogP contribution in [0.2, 0.25) is 0 Å². The summed E-state index contributed by atoms with van der Waals surface area (Å²) in [5.74, 6) is 3.27. The third-order valence-corrected chi connectivity index (χ3v) is 9.83. The van der Waals surface area contributed by atoms with E-state index in [0.717, 1.165) is 25.7 Å². The minimum Gasteiger partial charge on any atom is -0.393 e. The van der Waals surface area contributed by atoms with Gasteiger partial charge in [-0.25, -0.2) is 0 Å². The summed E-state index contributed by atoms with van der Waals surface area (Å²) >= 11 is 4.24. The van der Waals surface area contributed by atoms with Crippen LogP contribution in [-0.2, 0) is 0 Å². The molecule has 0 saturated heterocycles. The lowest BCUT2D eigenvalue weighted by Gasteiger charge is -2.62. The van der Waals surface area contributed by atoms with Crippen LogP contribution in [-0.4, -0.2) is 22.4 Å². The fourth-order valence-electron chi connectivity index (χ4n) is 8.46. The highest BCUT2D eigenvalue weighted by Crippen LogP contribution is 2.68. The van der Waals surface area contributed by atoms with Crippen molar-refractivity contribution in [1.82, 2.24) is 0 Å². The van der Waals surface area contributed by atoms with E-state index in [-0.39, 0.29) is 36.2 Å². The Morgan fingerprint density at radius 3 is 2.28 bits per heavy atom. The van der Waals surface area contributed by atoms with Crippen molar-refractivity contribution in [3.05, 3.63) is 0 Å². The number of aliphatic hydroxyl groups is 2. The molecule has 0 heterocycles. The predicted octanol–water partition coefficient (Wildman–Crippen LogP) is 6.92. The maximum Gasteiger partial charge on any atom is 0.0624 e. The summed E-state index contributed by atoms with van der Waals surface area (Å²) in [7, 11) is 0. The second-order valence-corrected chi connectivity index (χ2v) is 10.8.